The van der Waals surface area contributed by atoms with E-state index in [1.54, 1.807) is 36.4 Å². The summed E-state index contributed by atoms with van der Waals surface area (Å²) < 4.78 is 56.4. The monoisotopic (exact) mass is 575 g/mol. The van der Waals surface area contributed by atoms with Gasteiger partial charge in [0, 0.05) is 19.7 Å². The van der Waals surface area contributed by atoms with E-state index < -0.39 is 35.2 Å². The Hall–Kier alpha value is -1.95. The molecule has 3 aromatic rings. The van der Waals surface area contributed by atoms with Gasteiger partial charge in [0.2, 0.25) is 0 Å². The van der Waals surface area contributed by atoms with Gasteiger partial charge in [-0.15, -0.1) is 0 Å². The predicted molar refractivity (Wildman–Crippen MR) is 123 cm³/mol. The number of benzene rings is 2. The van der Waals surface area contributed by atoms with Gasteiger partial charge in [-0.3, -0.25) is 4.79 Å². The summed E-state index contributed by atoms with van der Waals surface area (Å²) in [4.78, 5) is 14.2. The molecule has 0 amide bonds. The van der Waals surface area contributed by atoms with Crippen molar-refractivity contribution < 1.29 is 21.6 Å². The lowest BCUT2D eigenvalue weighted by Gasteiger charge is -2.07. The van der Waals surface area contributed by atoms with Crippen molar-refractivity contribution in [3.8, 4) is 5.75 Å². The van der Waals surface area contributed by atoms with Gasteiger partial charge in [0.1, 0.15) is 10.6 Å². The van der Waals surface area contributed by atoms with E-state index in [0.717, 1.165) is 5.41 Å². The zero-order chi connectivity index (χ0) is 22.1. The molecule has 1 aromatic heterocycles. The van der Waals surface area contributed by atoms with E-state index in [1.165, 1.54) is 19.3 Å². The standard InChI is InChI=1S/C19H15Br2NO6S2/c1-28-14-4-2-12(3-5-14)6-7-29(24,25)11-30(26,27)18-10-15-16(21)8-13(20)9-17(15)22-19(18)23/h2-10H,11H2,1H3,(H,22,23). The molecular weight excluding hydrogens is 562 g/mol. The molecule has 0 aliphatic rings. The largest absolute Gasteiger partial charge is 0.497 e. The summed E-state index contributed by atoms with van der Waals surface area (Å²) in [7, 11) is -7.07. The van der Waals surface area contributed by atoms with Crippen molar-refractivity contribution in [1.82, 2.24) is 4.98 Å². The fourth-order valence-corrected chi connectivity index (χ4v) is 7.55. The van der Waals surface area contributed by atoms with Gasteiger partial charge in [-0.1, -0.05) is 44.0 Å². The average Bonchev–Trinajstić information content (AvgIpc) is 2.65. The highest BCUT2D eigenvalue weighted by Crippen LogP contribution is 2.28. The molecule has 3 rings (SSSR count). The lowest BCUT2D eigenvalue weighted by atomic mass is 10.2. The fourth-order valence-electron chi connectivity index (χ4n) is 2.66. The normalized spacial score (nSPS) is 12.5. The number of fused-ring (bicyclic) bond motifs is 1. The Labute approximate surface area is 189 Å². The molecule has 0 saturated heterocycles. The van der Waals surface area contributed by atoms with Gasteiger partial charge in [0.15, 0.2) is 24.8 Å². The van der Waals surface area contributed by atoms with Crippen LogP contribution in [0.4, 0.5) is 0 Å². The van der Waals surface area contributed by atoms with E-state index in [0.29, 0.717) is 31.2 Å². The number of ether oxygens (including phenoxy) is 1. The number of halogens is 2. The first-order valence-corrected chi connectivity index (χ1v) is 13.3. The smallest absolute Gasteiger partial charge is 0.267 e. The Morgan fingerprint density at radius 3 is 2.33 bits per heavy atom. The van der Waals surface area contributed by atoms with E-state index >= 15 is 0 Å². The first-order valence-electron chi connectivity index (χ1n) is 8.30. The maximum Gasteiger partial charge on any atom is 0.267 e. The van der Waals surface area contributed by atoms with Crippen molar-refractivity contribution in [1.29, 1.82) is 0 Å². The number of aromatic nitrogens is 1. The number of rotatable bonds is 6. The lowest BCUT2D eigenvalue weighted by molar-refractivity contribution is 0.415. The summed E-state index contributed by atoms with van der Waals surface area (Å²) in [6, 6.07) is 11.0. The number of methoxy groups -OCH3 is 1. The van der Waals surface area contributed by atoms with Gasteiger partial charge in [-0.05, 0) is 42.0 Å². The number of hydrogen-bond acceptors (Lipinski definition) is 6. The molecule has 0 aliphatic heterocycles. The van der Waals surface area contributed by atoms with Gasteiger partial charge >= 0.3 is 0 Å². The van der Waals surface area contributed by atoms with Crippen LogP contribution >= 0.6 is 31.9 Å². The maximum atomic E-state index is 12.7. The van der Waals surface area contributed by atoms with Crippen molar-refractivity contribution in [2.24, 2.45) is 0 Å². The molecule has 0 radical (unpaired) electrons. The molecule has 0 aliphatic carbocycles. The zero-order valence-corrected chi connectivity index (χ0v) is 20.2. The Morgan fingerprint density at radius 1 is 1.03 bits per heavy atom. The molecule has 7 nitrogen and oxygen atoms in total. The van der Waals surface area contributed by atoms with E-state index in [1.807, 2.05) is 0 Å². The van der Waals surface area contributed by atoms with Crippen LogP contribution in [-0.4, -0.2) is 34.0 Å². The van der Waals surface area contributed by atoms with Crippen LogP contribution in [0.1, 0.15) is 5.56 Å². The van der Waals surface area contributed by atoms with Crippen LogP contribution in [0.15, 0.2) is 66.5 Å². The molecule has 0 saturated carbocycles. The minimum Gasteiger partial charge on any atom is -0.497 e. The van der Waals surface area contributed by atoms with Gasteiger partial charge < -0.3 is 9.72 Å². The fraction of sp³-hybridized carbons (Fsp3) is 0.105. The molecular formula is C19H15Br2NO6S2. The number of nitrogens with one attached hydrogen (secondary N) is 1. The SMILES string of the molecule is COc1ccc(C=CS(=O)(=O)CS(=O)(=O)c2cc3c(Br)cc(Br)cc3[nH]c2=O)cc1. The Morgan fingerprint density at radius 2 is 1.70 bits per heavy atom. The number of pyridine rings is 1. The summed E-state index contributed by atoms with van der Waals surface area (Å²) in [5, 5.41) is 0.0202. The average molecular weight is 577 g/mol. The number of H-pyrrole nitrogens is 1. The maximum absolute atomic E-state index is 12.7. The molecule has 11 heteroatoms. The van der Waals surface area contributed by atoms with Crippen LogP contribution in [0, 0.1) is 0 Å². The van der Waals surface area contributed by atoms with Gasteiger partial charge in [0.25, 0.3) is 5.56 Å². The van der Waals surface area contributed by atoms with Gasteiger partial charge in [0.05, 0.1) is 12.6 Å². The second-order valence-corrected chi connectivity index (χ2v) is 12.3. The van der Waals surface area contributed by atoms with Crippen molar-refractivity contribution >= 4 is 68.5 Å². The first kappa shape index (κ1) is 22.7. The summed E-state index contributed by atoms with van der Waals surface area (Å²) in [6.07, 6.45) is 1.28. The van der Waals surface area contributed by atoms with Crippen molar-refractivity contribution in [2.45, 2.75) is 4.90 Å². The molecule has 2 aromatic carbocycles. The number of sulfone groups is 2. The highest BCUT2D eigenvalue weighted by molar-refractivity contribution is 9.11. The lowest BCUT2D eigenvalue weighted by Crippen LogP contribution is -2.23. The second kappa shape index (κ2) is 8.66. The highest BCUT2D eigenvalue weighted by atomic mass is 79.9. The van der Waals surface area contributed by atoms with E-state index in [4.69, 9.17) is 4.74 Å². The topological polar surface area (TPSA) is 110 Å². The van der Waals surface area contributed by atoms with Crippen LogP contribution in [0.25, 0.3) is 17.0 Å². The minimum atomic E-state index is -4.42. The third kappa shape index (κ3) is 5.20. The summed E-state index contributed by atoms with van der Waals surface area (Å²) in [6.45, 7) is 0. The molecule has 30 heavy (non-hydrogen) atoms. The highest BCUT2D eigenvalue weighted by Gasteiger charge is 2.26. The van der Waals surface area contributed by atoms with Crippen LogP contribution in [-0.2, 0) is 19.7 Å². The van der Waals surface area contributed by atoms with E-state index in [-0.39, 0.29) is 0 Å². The van der Waals surface area contributed by atoms with Crippen LogP contribution in [0.3, 0.4) is 0 Å². The Balaban J connectivity index is 1.94. The predicted octanol–water partition coefficient (Wildman–Crippen LogP) is 3.88. The van der Waals surface area contributed by atoms with Crippen molar-refractivity contribution in [3.63, 3.8) is 0 Å². The summed E-state index contributed by atoms with van der Waals surface area (Å²) >= 11 is 6.60. The molecule has 1 N–H and O–H groups in total. The molecule has 0 fully saturated rings. The Bertz CT molecular complexity index is 1410. The van der Waals surface area contributed by atoms with E-state index in [2.05, 4.69) is 36.8 Å². The second-order valence-electron chi connectivity index (χ2n) is 6.28. The van der Waals surface area contributed by atoms with E-state index in [9.17, 15) is 21.6 Å². The molecule has 0 bridgehead atoms. The quantitative estimate of drug-likeness (QED) is 0.477. The summed E-state index contributed by atoms with van der Waals surface area (Å²) in [5.74, 6) is 0.603. The third-order valence-corrected chi connectivity index (χ3v) is 9.27. The third-order valence-electron chi connectivity index (χ3n) is 4.08. The molecule has 0 atom stereocenters. The summed E-state index contributed by atoms with van der Waals surface area (Å²) in [5.41, 5.74) is 0.0686. The number of aromatic amines is 1. The van der Waals surface area contributed by atoms with Gasteiger partial charge in [-0.25, -0.2) is 16.8 Å². The molecule has 158 valence electrons. The first-order chi connectivity index (χ1) is 14.0. The molecule has 0 spiro atoms. The number of hydrogen-bond donors (Lipinski definition) is 1. The Kier molecular flexibility index (Phi) is 6.56. The van der Waals surface area contributed by atoms with Crippen molar-refractivity contribution in [2.75, 3.05) is 12.2 Å². The van der Waals surface area contributed by atoms with Crippen LogP contribution in [0.2, 0.25) is 0 Å². The minimum absolute atomic E-state index is 0.405. The molecule has 1 heterocycles. The molecule has 0 unspecified atom stereocenters. The van der Waals surface area contributed by atoms with Crippen molar-refractivity contribution in [3.05, 3.63) is 72.7 Å². The van der Waals surface area contributed by atoms with Crippen LogP contribution in [0.5, 0.6) is 5.75 Å². The van der Waals surface area contributed by atoms with Gasteiger partial charge in [-0.2, -0.15) is 0 Å². The zero-order valence-electron chi connectivity index (χ0n) is 15.4. The van der Waals surface area contributed by atoms with Crippen LogP contribution < -0.4 is 10.3 Å².